The third-order valence-electron chi connectivity index (χ3n) is 7.42. The number of carbonyl (C=O) groups excluding carboxylic acids is 1. The molecule has 0 bridgehead atoms. The summed E-state index contributed by atoms with van der Waals surface area (Å²) in [6, 6.07) is 17.9. The number of carbonyl (C=O) groups is 1. The van der Waals surface area contributed by atoms with E-state index in [-0.39, 0.29) is 17.4 Å². The highest BCUT2D eigenvalue weighted by molar-refractivity contribution is 5.93. The Morgan fingerprint density at radius 1 is 0.886 bits per heavy atom. The van der Waals surface area contributed by atoms with Crippen LogP contribution in [0.1, 0.15) is 34.5 Å². The molecule has 1 fully saturated rings. The molecule has 7 rings (SSSR count). The van der Waals surface area contributed by atoms with Crippen LogP contribution in [0.2, 0.25) is 0 Å². The van der Waals surface area contributed by atoms with E-state index in [1.54, 1.807) is 41.8 Å². The number of pyridine rings is 1. The van der Waals surface area contributed by atoms with Crippen molar-refractivity contribution in [3.63, 3.8) is 0 Å². The van der Waals surface area contributed by atoms with E-state index in [4.69, 9.17) is 4.42 Å². The number of aromatic nitrogens is 8. The molecule has 14 heteroatoms. The molecular weight excluding hydrogens is 570 g/mol. The van der Waals surface area contributed by atoms with Gasteiger partial charge in [-0.3, -0.25) is 24.6 Å². The fraction of sp³-hybridized carbons (Fsp3) is 0.200. The van der Waals surface area contributed by atoms with Crippen molar-refractivity contribution in [3.8, 4) is 22.7 Å². The molecule has 1 saturated heterocycles. The van der Waals surface area contributed by atoms with Crippen molar-refractivity contribution in [3.05, 3.63) is 103 Å². The largest absolute Gasteiger partial charge is 0.436 e. The number of fused-ring (bicyclic) bond motifs is 1. The van der Waals surface area contributed by atoms with Crippen molar-refractivity contribution < 1.29 is 18.0 Å². The van der Waals surface area contributed by atoms with Crippen LogP contribution in [0.3, 0.4) is 0 Å². The molecule has 0 radical (unpaired) electrons. The van der Waals surface area contributed by atoms with Crippen LogP contribution in [0.25, 0.3) is 33.8 Å². The fourth-order valence-corrected chi connectivity index (χ4v) is 5.27. The number of benzene rings is 2. The first-order valence-electron chi connectivity index (χ1n) is 13.8. The molecule has 5 heterocycles. The van der Waals surface area contributed by atoms with E-state index in [1.807, 2.05) is 48.5 Å². The van der Waals surface area contributed by atoms with Crippen LogP contribution in [0.15, 0.2) is 89.9 Å². The van der Waals surface area contributed by atoms with Gasteiger partial charge in [0.15, 0.2) is 11.4 Å². The molecule has 1 atom stereocenters. The molecular formula is C30H24F2N10O2. The summed E-state index contributed by atoms with van der Waals surface area (Å²) < 4.78 is 32.4. The summed E-state index contributed by atoms with van der Waals surface area (Å²) in [5.41, 5.74) is 4.57. The van der Waals surface area contributed by atoms with Crippen molar-refractivity contribution in [2.45, 2.75) is 12.6 Å². The quantitative estimate of drug-likeness (QED) is 0.264. The summed E-state index contributed by atoms with van der Waals surface area (Å²) in [7, 11) is 0. The van der Waals surface area contributed by atoms with Crippen LogP contribution in [-0.2, 0) is 0 Å². The maximum atomic E-state index is 13.5. The Kier molecular flexibility index (Phi) is 7.24. The van der Waals surface area contributed by atoms with Crippen molar-refractivity contribution in [2.24, 2.45) is 0 Å². The van der Waals surface area contributed by atoms with Gasteiger partial charge in [-0.2, -0.15) is 8.78 Å². The van der Waals surface area contributed by atoms with Gasteiger partial charge in [-0.25, -0.2) is 4.98 Å². The summed E-state index contributed by atoms with van der Waals surface area (Å²) in [6.07, 6.45) is 6.48. The summed E-state index contributed by atoms with van der Waals surface area (Å²) in [5.74, 6) is 0.311. The van der Waals surface area contributed by atoms with Crippen LogP contribution in [-0.4, -0.2) is 82.0 Å². The van der Waals surface area contributed by atoms with Gasteiger partial charge >= 0.3 is 6.55 Å². The van der Waals surface area contributed by atoms with E-state index >= 15 is 0 Å². The van der Waals surface area contributed by atoms with Gasteiger partial charge in [-0.15, -0.1) is 10.2 Å². The predicted molar refractivity (Wildman–Crippen MR) is 153 cm³/mol. The van der Waals surface area contributed by atoms with E-state index in [1.165, 1.54) is 0 Å². The summed E-state index contributed by atoms with van der Waals surface area (Å²) in [4.78, 5) is 35.0. The average molecular weight is 595 g/mol. The number of piperazine rings is 1. The number of nitrogens with zero attached hydrogens (tertiary/aromatic N) is 10. The minimum Gasteiger partial charge on any atom is -0.436 e. The third kappa shape index (κ3) is 5.38. The van der Waals surface area contributed by atoms with E-state index in [0.29, 0.717) is 53.5 Å². The minimum absolute atomic E-state index is 0.174. The molecule has 12 nitrogen and oxygen atoms in total. The number of amides is 1. The molecule has 0 unspecified atom stereocenters. The number of alkyl halides is 2. The Balaban J connectivity index is 1.08. The number of tetrazole rings is 1. The minimum atomic E-state index is -2.89. The SMILES string of the molecule is O=C(c1cc(-c2nc3cc(-c4cnccn4)ccc3o2)ccn1)N1CCN([C@@H](c2ccccc2)c2nnn(C(F)F)n2)CC1. The molecule has 6 aromatic rings. The number of oxazole rings is 1. The van der Waals surface area contributed by atoms with Gasteiger partial charge in [-0.1, -0.05) is 35.1 Å². The van der Waals surface area contributed by atoms with Crippen molar-refractivity contribution >= 4 is 17.0 Å². The van der Waals surface area contributed by atoms with Gasteiger partial charge in [0.2, 0.25) is 5.89 Å². The lowest BCUT2D eigenvalue weighted by molar-refractivity contribution is 0.0385. The first-order chi connectivity index (χ1) is 21.5. The van der Waals surface area contributed by atoms with Gasteiger partial charge in [-0.05, 0) is 41.1 Å². The first-order valence-corrected chi connectivity index (χ1v) is 13.8. The van der Waals surface area contributed by atoms with E-state index in [2.05, 4.69) is 40.2 Å². The van der Waals surface area contributed by atoms with Crippen LogP contribution < -0.4 is 0 Å². The molecule has 0 saturated carbocycles. The van der Waals surface area contributed by atoms with Crippen LogP contribution in [0, 0.1) is 0 Å². The lowest BCUT2D eigenvalue weighted by atomic mass is 10.0. The predicted octanol–water partition coefficient (Wildman–Crippen LogP) is 4.28. The zero-order chi connectivity index (χ0) is 30.0. The normalized spacial score (nSPS) is 14.8. The summed E-state index contributed by atoms with van der Waals surface area (Å²) in [5, 5.41) is 11.4. The molecule has 0 aliphatic carbocycles. The zero-order valence-corrected chi connectivity index (χ0v) is 23.1. The Hall–Kier alpha value is -5.50. The maximum Gasteiger partial charge on any atom is 0.350 e. The van der Waals surface area contributed by atoms with Crippen LogP contribution in [0.5, 0.6) is 0 Å². The summed E-state index contributed by atoms with van der Waals surface area (Å²) >= 11 is 0. The molecule has 1 amide bonds. The zero-order valence-electron chi connectivity index (χ0n) is 23.1. The third-order valence-corrected chi connectivity index (χ3v) is 7.42. The highest BCUT2D eigenvalue weighted by atomic mass is 19.3. The Labute approximate surface area is 249 Å². The topological polar surface area (TPSA) is 132 Å². The second kappa shape index (κ2) is 11.6. The van der Waals surface area contributed by atoms with Gasteiger partial charge in [0.1, 0.15) is 11.2 Å². The Bertz CT molecular complexity index is 1910. The van der Waals surface area contributed by atoms with Gasteiger partial charge in [0.05, 0.1) is 17.9 Å². The number of hydrogen-bond acceptors (Lipinski definition) is 10. The molecule has 0 spiro atoms. The van der Waals surface area contributed by atoms with Gasteiger partial charge in [0.25, 0.3) is 5.91 Å². The molecule has 0 N–H and O–H groups in total. The lowest BCUT2D eigenvalue weighted by Crippen LogP contribution is -2.50. The smallest absolute Gasteiger partial charge is 0.350 e. The van der Waals surface area contributed by atoms with Crippen molar-refractivity contribution in [1.82, 2.24) is 49.9 Å². The summed E-state index contributed by atoms with van der Waals surface area (Å²) in [6.45, 7) is -1.17. The molecule has 220 valence electrons. The van der Waals surface area contributed by atoms with Crippen LogP contribution >= 0.6 is 0 Å². The second-order valence-electron chi connectivity index (χ2n) is 10.1. The van der Waals surface area contributed by atoms with Crippen molar-refractivity contribution in [2.75, 3.05) is 26.2 Å². The molecule has 1 aliphatic heterocycles. The standard InChI is InChI=1S/C30H24F2N10O2/c31-30(32)42-38-27(37-39-42)26(19-4-2-1-3-5-19)40-12-14-41(15-13-40)29(43)23-17-21(8-9-34-23)28-36-22-16-20(6-7-25(22)44-28)24-18-33-10-11-35-24/h1-11,16-18,26,30H,12-15H2/t26-/m0/s1. The lowest BCUT2D eigenvalue weighted by Gasteiger charge is -2.38. The molecule has 4 aromatic heterocycles. The van der Waals surface area contributed by atoms with E-state index < -0.39 is 12.6 Å². The highest BCUT2D eigenvalue weighted by Gasteiger charge is 2.32. The Morgan fingerprint density at radius 3 is 2.48 bits per heavy atom. The second-order valence-corrected chi connectivity index (χ2v) is 10.1. The average Bonchev–Trinajstić information content (AvgIpc) is 3.74. The molecule has 1 aliphatic rings. The van der Waals surface area contributed by atoms with Crippen molar-refractivity contribution in [1.29, 1.82) is 0 Å². The Morgan fingerprint density at radius 2 is 1.73 bits per heavy atom. The molecule has 2 aromatic carbocycles. The number of hydrogen-bond donors (Lipinski definition) is 0. The number of halogens is 2. The van der Waals surface area contributed by atoms with E-state index in [0.717, 1.165) is 16.8 Å². The number of rotatable bonds is 7. The van der Waals surface area contributed by atoms with Gasteiger partial charge in [0, 0.05) is 55.9 Å². The van der Waals surface area contributed by atoms with E-state index in [9.17, 15) is 13.6 Å². The first kappa shape index (κ1) is 27.3. The van der Waals surface area contributed by atoms with Crippen LogP contribution in [0.4, 0.5) is 8.78 Å². The fourth-order valence-electron chi connectivity index (χ4n) is 5.27. The maximum absolute atomic E-state index is 13.5. The monoisotopic (exact) mass is 594 g/mol. The highest BCUT2D eigenvalue weighted by Crippen LogP contribution is 2.30. The molecule has 44 heavy (non-hydrogen) atoms. The van der Waals surface area contributed by atoms with Gasteiger partial charge < -0.3 is 9.32 Å².